The summed E-state index contributed by atoms with van der Waals surface area (Å²) in [7, 11) is 0. The zero-order valence-corrected chi connectivity index (χ0v) is 24.8. The molecular formula is C34H36ClN3O5. The van der Waals surface area contributed by atoms with Gasteiger partial charge in [0.25, 0.3) is 0 Å². The third kappa shape index (κ3) is 5.01. The lowest BCUT2D eigenvalue weighted by molar-refractivity contribution is -0.149. The lowest BCUT2D eigenvalue weighted by Gasteiger charge is -2.37. The number of aliphatic hydroxyl groups is 1. The number of nitrogens with zero attached hydrogens (tertiary/aromatic N) is 1. The van der Waals surface area contributed by atoms with Crippen molar-refractivity contribution in [2.75, 3.05) is 11.9 Å². The second-order valence-electron chi connectivity index (χ2n) is 11.8. The number of halogens is 1. The Labute approximate surface area is 256 Å². The highest BCUT2D eigenvalue weighted by Crippen LogP contribution is 2.64. The molecule has 3 fully saturated rings. The lowest BCUT2D eigenvalue weighted by Crippen LogP contribution is -2.57. The summed E-state index contributed by atoms with van der Waals surface area (Å²) in [4.78, 5) is 44.3. The van der Waals surface area contributed by atoms with Crippen molar-refractivity contribution in [3.63, 3.8) is 0 Å². The summed E-state index contributed by atoms with van der Waals surface area (Å²) in [5.41, 5.74) is 0.183. The van der Waals surface area contributed by atoms with Crippen molar-refractivity contribution in [3.05, 3.63) is 101 Å². The van der Waals surface area contributed by atoms with Crippen LogP contribution in [0.2, 0.25) is 5.02 Å². The Morgan fingerprint density at radius 3 is 2.28 bits per heavy atom. The fourth-order valence-corrected chi connectivity index (χ4v) is 7.73. The maximum Gasteiger partial charge on any atom is 0.250 e. The van der Waals surface area contributed by atoms with Gasteiger partial charge in [0.05, 0.1) is 40.8 Å². The largest absolute Gasteiger partial charge is 0.394 e. The highest BCUT2D eigenvalue weighted by Gasteiger charge is 2.79. The Morgan fingerprint density at radius 1 is 0.977 bits per heavy atom. The number of rotatable bonds is 10. The van der Waals surface area contributed by atoms with Gasteiger partial charge in [0, 0.05) is 6.54 Å². The first-order valence-electron chi connectivity index (χ1n) is 14.9. The van der Waals surface area contributed by atoms with E-state index in [0.717, 1.165) is 11.1 Å². The van der Waals surface area contributed by atoms with Gasteiger partial charge in [-0.2, -0.15) is 0 Å². The van der Waals surface area contributed by atoms with E-state index in [2.05, 4.69) is 10.6 Å². The molecule has 3 aromatic rings. The molecule has 3 amide bonds. The van der Waals surface area contributed by atoms with Crippen LogP contribution in [-0.4, -0.2) is 57.6 Å². The van der Waals surface area contributed by atoms with Crippen LogP contribution < -0.4 is 10.6 Å². The number of ether oxygens (including phenoxy) is 1. The maximum absolute atomic E-state index is 14.6. The van der Waals surface area contributed by atoms with Crippen molar-refractivity contribution in [1.29, 1.82) is 0 Å². The molecule has 224 valence electrons. The van der Waals surface area contributed by atoms with Crippen LogP contribution in [-0.2, 0) is 32.1 Å². The van der Waals surface area contributed by atoms with Crippen LogP contribution in [0, 0.1) is 11.8 Å². The van der Waals surface area contributed by atoms with E-state index < -0.39 is 41.0 Å². The molecule has 0 saturated carbocycles. The third-order valence-corrected chi connectivity index (χ3v) is 9.84. The van der Waals surface area contributed by atoms with E-state index in [1.54, 1.807) is 24.3 Å². The second-order valence-corrected chi connectivity index (χ2v) is 12.2. The summed E-state index contributed by atoms with van der Waals surface area (Å²) in [5.74, 6) is -2.71. The van der Waals surface area contributed by atoms with Gasteiger partial charge in [-0.15, -0.1) is 0 Å². The minimum atomic E-state index is -1.22. The van der Waals surface area contributed by atoms with Gasteiger partial charge in [-0.25, -0.2) is 0 Å². The summed E-state index contributed by atoms with van der Waals surface area (Å²) in [5, 5.41) is 17.0. The first kappa shape index (κ1) is 29.4. The van der Waals surface area contributed by atoms with E-state index in [1.165, 1.54) is 4.90 Å². The average Bonchev–Trinajstić information content (AvgIpc) is 3.64. The first-order chi connectivity index (χ1) is 20.8. The zero-order chi connectivity index (χ0) is 30.2. The number of hydrogen-bond acceptors (Lipinski definition) is 5. The van der Waals surface area contributed by atoms with Crippen molar-refractivity contribution < 1.29 is 24.2 Å². The molecule has 3 heterocycles. The predicted octanol–water partition coefficient (Wildman–Crippen LogP) is 4.35. The van der Waals surface area contributed by atoms with E-state index in [1.807, 2.05) is 67.6 Å². The van der Waals surface area contributed by atoms with Crippen molar-refractivity contribution in [2.24, 2.45) is 11.8 Å². The zero-order valence-electron chi connectivity index (χ0n) is 24.0. The molecule has 2 bridgehead atoms. The molecule has 2 unspecified atom stereocenters. The lowest BCUT2D eigenvalue weighted by atomic mass is 9.65. The van der Waals surface area contributed by atoms with Gasteiger partial charge in [0.2, 0.25) is 17.7 Å². The summed E-state index contributed by atoms with van der Waals surface area (Å²) in [6, 6.07) is 24.3. The quantitative estimate of drug-likeness (QED) is 0.320. The Balaban J connectivity index is 1.39. The number of hydrogen-bond donors (Lipinski definition) is 3. The van der Waals surface area contributed by atoms with E-state index >= 15 is 0 Å². The van der Waals surface area contributed by atoms with Gasteiger partial charge in [-0.1, -0.05) is 91.3 Å². The number of likely N-dealkylation sites (tertiary alicyclic amines) is 1. The van der Waals surface area contributed by atoms with Crippen LogP contribution in [0.25, 0.3) is 0 Å². The van der Waals surface area contributed by atoms with Crippen molar-refractivity contribution in [2.45, 2.75) is 62.4 Å². The van der Waals surface area contributed by atoms with Crippen molar-refractivity contribution in [1.82, 2.24) is 10.2 Å². The van der Waals surface area contributed by atoms with E-state index in [9.17, 15) is 19.5 Å². The Morgan fingerprint density at radius 2 is 1.63 bits per heavy atom. The molecule has 3 aliphatic rings. The predicted molar refractivity (Wildman–Crippen MR) is 163 cm³/mol. The average molecular weight is 602 g/mol. The number of amides is 3. The highest BCUT2D eigenvalue weighted by atomic mass is 35.5. The van der Waals surface area contributed by atoms with Crippen LogP contribution >= 0.6 is 11.6 Å². The molecule has 6 atom stereocenters. The molecule has 0 radical (unpaired) electrons. The van der Waals surface area contributed by atoms with Crippen molar-refractivity contribution >= 4 is 35.0 Å². The topological polar surface area (TPSA) is 108 Å². The Bertz CT molecular complexity index is 1500. The molecule has 9 heteroatoms. The van der Waals surface area contributed by atoms with Gasteiger partial charge in [-0.05, 0) is 48.9 Å². The van der Waals surface area contributed by atoms with Gasteiger partial charge < -0.3 is 25.4 Å². The molecule has 3 N–H and O–H groups in total. The number of anilines is 1. The SMILES string of the molecule is CC[C@]12CCC3(O1)C(C(=O)Nc1ccccc1Cl)N([C@@H](CO)Cc1ccccc1)C(=O)[C@@H]3[C@H]2C(=O)NCc1ccccc1. The van der Waals surface area contributed by atoms with Gasteiger partial charge in [0.1, 0.15) is 11.6 Å². The molecule has 3 saturated heterocycles. The maximum atomic E-state index is 14.6. The van der Waals surface area contributed by atoms with E-state index in [-0.39, 0.29) is 18.4 Å². The van der Waals surface area contributed by atoms with Crippen LogP contribution in [0.5, 0.6) is 0 Å². The summed E-state index contributed by atoms with van der Waals surface area (Å²) in [6.07, 6.45) is 1.85. The first-order valence-corrected chi connectivity index (χ1v) is 15.3. The smallest absolute Gasteiger partial charge is 0.250 e. The monoisotopic (exact) mass is 601 g/mol. The standard InChI is InChI=1S/C34H36ClN3O5/c1-2-33-17-18-34(43-33)28(27(33)30(40)36-20-23-13-7-4-8-14-23)32(42)38(24(21-39)19-22-11-5-3-6-12-22)29(34)31(41)37-26-16-10-9-15-25(26)35/h3-16,24,27-29,39H,2,17-21H2,1H3,(H,36,40)(H,37,41)/t24-,27+,28+,29?,33-,34?/m1/s1. The molecule has 43 heavy (non-hydrogen) atoms. The normalized spacial score (nSPS) is 28.0. The number of benzene rings is 3. The van der Waals surface area contributed by atoms with Crippen molar-refractivity contribution in [3.8, 4) is 0 Å². The summed E-state index contributed by atoms with van der Waals surface area (Å²) >= 11 is 6.40. The number of carbonyl (C=O) groups is 3. The minimum Gasteiger partial charge on any atom is -0.394 e. The highest BCUT2D eigenvalue weighted by molar-refractivity contribution is 6.33. The number of fused-ring (bicyclic) bond motifs is 1. The fraction of sp³-hybridized carbons (Fsp3) is 0.382. The van der Waals surface area contributed by atoms with Crippen LogP contribution in [0.3, 0.4) is 0 Å². The molecule has 0 aromatic heterocycles. The van der Waals surface area contributed by atoms with E-state index in [4.69, 9.17) is 16.3 Å². The molecule has 0 aliphatic carbocycles. The molecule has 3 aromatic carbocycles. The molecule has 1 spiro atoms. The Kier molecular flexibility index (Phi) is 8.02. The number of nitrogens with one attached hydrogen (secondary N) is 2. The van der Waals surface area contributed by atoms with Crippen LogP contribution in [0.15, 0.2) is 84.9 Å². The molecule has 8 nitrogen and oxygen atoms in total. The summed E-state index contributed by atoms with van der Waals surface area (Å²) < 4.78 is 6.85. The third-order valence-electron chi connectivity index (χ3n) is 9.51. The minimum absolute atomic E-state index is 0.263. The number of para-hydroxylation sites is 1. The fourth-order valence-electron chi connectivity index (χ4n) is 7.54. The van der Waals surface area contributed by atoms with Gasteiger partial charge in [-0.3, -0.25) is 14.4 Å². The summed E-state index contributed by atoms with van der Waals surface area (Å²) in [6.45, 7) is 1.92. The second kappa shape index (κ2) is 11.8. The van der Waals surface area contributed by atoms with Crippen LogP contribution in [0.1, 0.15) is 37.3 Å². The molecule has 6 rings (SSSR count). The number of aliphatic hydroxyl groups excluding tert-OH is 1. The molecular weight excluding hydrogens is 566 g/mol. The van der Waals surface area contributed by atoms with Gasteiger partial charge >= 0.3 is 0 Å². The van der Waals surface area contributed by atoms with Crippen LogP contribution in [0.4, 0.5) is 5.69 Å². The molecule has 3 aliphatic heterocycles. The van der Waals surface area contributed by atoms with Gasteiger partial charge in [0.15, 0.2) is 0 Å². The Hall–Kier alpha value is -3.72. The number of carbonyl (C=O) groups excluding carboxylic acids is 3. The van der Waals surface area contributed by atoms with E-state index in [0.29, 0.717) is 42.9 Å².